The first kappa shape index (κ1) is 25.4. The summed E-state index contributed by atoms with van der Waals surface area (Å²) in [5.74, 6) is -0.132. The lowest BCUT2D eigenvalue weighted by molar-refractivity contribution is -0.144. The van der Waals surface area contributed by atoms with Crippen LogP contribution in [0.2, 0.25) is 0 Å². The number of carbonyl (C=O) groups excluding carboxylic acids is 1. The molecule has 0 aliphatic carbocycles. The van der Waals surface area contributed by atoms with Gasteiger partial charge >= 0.3 is 5.97 Å². The third kappa shape index (κ3) is 19.0. The number of allylic oxidation sites excluding steroid dienone is 8. The summed E-state index contributed by atoms with van der Waals surface area (Å²) in [7, 11) is 1.45. The van der Waals surface area contributed by atoms with Crippen molar-refractivity contribution in [2.75, 3.05) is 7.11 Å². The van der Waals surface area contributed by atoms with Gasteiger partial charge in [0.05, 0.1) is 13.0 Å². The molecule has 2 nitrogen and oxygen atoms in total. The highest BCUT2D eigenvalue weighted by Crippen LogP contribution is 2.08. The standard InChI is InChI=1S/C25H42O2/c1-4-5-6-7-8-9-10-11-12-13-14-15-16-17-18-19-20-21-22-23-24(2)25(26)27-3/h11-12,14-15,17-18,20-21,24H,4-10,13,16,19,22-23H2,1-3H3/b12-11-,15-14-,18-17-,21-20-. The van der Waals surface area contributed by atoms with E-state index in [1.165, 1.54) is 52.1 Å². The van der Waals surface area contributed by atoms with Gasteiger partial charge < -0.3 is 4.74 Å². The van der Waals surface area contributed by atoms with E-state index in [9.17, 15) is 4.79 Å². The summed E-state index contributed by atoms with van der Waals surface area (Å²) < 4.78 is 4.72. The summed E-state index contributed by atoms with van der Waals surface area (Å²) in [5.41, 5.74) is 0. The second-order valence-electron chi connectivity index (χ2n) is 7.15. The molecule has 0 aromatic heterocycles. The van der Waals surface area contributed by atoms with Crippen molar-refractivity contribution in [2.24, 2.45) is 5.92 Å². The van der Waals surface area contributed by atoms with E-state index in [1.807, 2.05) is 6.92 Å². The van der Waals surface area contributed by atoms with Crippen molar-refractivity contribution in [2.45, 2.75) is 90.9 Å². The van der Waals surface area contributed by atoms with Crippen LogP contribution in [0, 0.1) is 5.92 Å². The van der Waals surface area contributed by atoms with Crippen LogP contribution in [0.3, 0.4) is 0 Å². The molecule has 0 spiro atoms. The quantitative estimate of drug-likeness (QED) is 0.148. The second kappa shape index (κ2) is 20.7. The maximum absolute atomic E-state index is 11.3. The van der Waals surface area contributed by atoms with E-state index in [4.69, 9.17) is 4.74 Å². The maximum atomic E-state index is 11.3. The molecule has 0 bridgehead atoms. The van der Waals surface area contributed by atoms with Crippen LogP contribution in [-0.2, 0) is 9.53 Å². The van der Waals surface area contributed by atoms with Gasteiger partial charge in [-0.1, -0.05) is 94.6 Å². The Morgan fingerprint density at radius 1 is 0.741 bits per heavy atom. The van der Waals surface area contributed by atoms with Crippen LogP contribution in [0.1, 0.15) is 90.9 Å². The summed E-state index contributed by atoms with van der Waals surface area (Å²) in [6.07, 6.45) is 32.0. The molecule has 0 amide bonds. The van der Waals surface area contributed by atoms with Crippen molar-refractivity contribution in [1.82, 2.24) is 0 Å². The first-order valence-corrected chi connectivity index (χ1v) is 10.9. The van der Waals surface area contributed by atoms with Gasteiger partial charge in [0.2, 0.25) is 0 Å². The van der Waals surface area contributed by atoms with Crippen LogP contribution in [0.25, 0.3) is 0 Å². The molecule has 0 rings (SSSR count). The molecule has 154 valence electrons. The summed E-state index contributed by atoms with van der Waals surface area (Å²) in [5, 5.41) is 0. The van der Waals surface area contributed by atoms with Crippen molar-refractivity contribution in [1.29, 1.82) is 0 Å². The van der Waals surface area contributed by atoms with E-state index in [0.29, 0.717) is 0 Å². The SMILES string of the molecule is CCCCCCCC/C=C\C/C=C\C/C=C\C/C=C\CCC(C)C(=O)OC. The van der Waals surface area contributed by atoms with E-state index in [2.05, 4.69) is 55.5 Å². The van der Waals surface area contributed by atoms with Gasteiger partial charge in [-0.05, 0) is 44.9 Å². The highest BCUT2D eigenvalue weighted by Gasteiger charge is 2.10. The molecule has 0 fully saturated rings. The average Bonchev–Trinajstić information content (AvgIpc) is 2.68. The van der Waals surface area contributed by atoms with E-state index >= 15 is 0 Å². The number of esters is 1. The topological polar surface area (TPSA) is 26.3 Å². The van der Waals surface area contributed by atoms with Crippen LogP contribution in [0.15, 0.2) is 48.6 Å². The molecule has 0 saturated carbocycles. The summed E-state index contributed by atoms with van der Waals surface area (Å²) >= 11 is 0. The molecule has 0 aromatic rings. The van der Waals surface area contributed by atoms with Crippen LogP contribution in [0.5, 0.6) is 0 Å². The molecule has 0 N–H and O–H groups in total. The van der Waals surface area contributed by atoms with Crippen LogP contribution >= 0.6 is 0 Å². The number of unbranched alkanes of at least 4 members (excludes halogenated alkanes) is 6. The fourth-order valence-electron chi connectivity index (χ4n) is 2.76. The van der Waals surface area contributed by atoms with Crippen molar-refractivity contribution < 1.29 is 9.53 Å². The Labute approximate surface area is 168 Å². The molecule has 0 aliphatic heterocycles. The van der Waals surface area contributed by atoms with Crippen molar-refractivity contribution in [3.05, 3.63) is 48.6 Å². The zero-order valence-electron chi connectivity index (χ0n) is 18.0. The van der Waals surface area contributed by atoms with Gasteiger partial charge in [-0.15, -0.1) is 0 Å². The molecular formula is C25H42O2. The van der Waals surface area contributed by atoms with E-state index in [0.717, 1.165) is 32.1 Å². The molecule has 0 saturated heterocycles. The van der Waals surface area contributed by atoms with Gasteiger partial charge in [0.25, 0.3) is 0 Å². The lowest BCUT2D eigenvalue weighted by Crippen LogP contribution is -2.11. The third-order valence-corrected chi connectivity index (χ3v) is 4.58. The lowest BCUT2D eigenvalue weighted by Gasteiger charge is -2.05. The van der Waals surface area contributed by atoms with Crippen LogP contribution in [-0.4, -0.2) is 13.1 Å². The minimum Gasteiger partial charge on any atom is -0.469 e. The summed E-state index contributed by atoms with van der Waals surface area (Å²) in [6, 6.07) is 0. The number of rotatable bonds is 17. The Hall–Kier alpha value is -1.57. The largest absolute Gasteiger partial charge is 0.469 e. The molecular weight excluding hydrogens is 332 g/mol. The van der Waals surface area contributed by atoms with Gasteiger partial charge in [0, 0.05) is 0 Å². The number of methoxy groups -OCH3 is 1. The second-order valence-corrected chi connectivity index (χ2v) is 7.15. The Morgan fingerprint density at radius 3 is 1.78 bits per heavy atom. The van der Waals surface area contributed by atoms with Crippen LogP contribution in [0.4, 0.5) is 0 Å². The smallest absolute Gasteiger partial charge is 0.308 e. The summed E-state index contributed by atoms with van der Waals surface area (Å²) in [6.45, 7) is 4.18. The number of carbonyl (C=O) groups is 1. The highest BCUT2D eigenvalue weighted by molar-refractivity contribution is 5.71. The van der Waals surface area contributed by atoms with Crippen molar-refractivity contribution in [3.63, 3.8) is 0 Å². The lowest BCUT2D eigenvalue weighted by atomic mass is 10.1. The van der Waals surface area contributed by atoms with Crippen molar-refractivity contribution in [3.8, 4) is 0 Å². The van der Waals surface area contributed by atoms with Gasteiger partial charge in [-0.2, -0.15) is 0 Å². The number of hydrogen-bond acceptors (Lipinski definition) is 2. The summed E-state index contributed by atoms with van der Waals surface area (Å²) in [4.78, 5) is 11.3. The first-order valence-electron chi connectivity index (χ1n) is 10.9. The predicted molar refractivity (Wildman–Crippen MR) is 119 cm³/mol. The molecule has 27 heavy (non-hydrogen) atoms. The van der Waals surface area contributed by atoms with E-state index < -0.39 is 0 Å². The molecule has 1 atom stereocenters. The predicted octanol–water partition coefficient (Wildman–Crippen LogP) is 7.72. The van der Waals surface area contributed by atoms with Gasteiger partial charge in [-0.25, -0.2) is 0 Å². The van der Waals surface area contributed by atoms with Crippen molar-refractivity contribution >= 4 is 5.97 Å². The molecule has 0 radical (unpaired) electrons. The monoisotopic (exact) mass is 374 g/mol. The average molecular weight is 375 g/mol. The van der Waals surface area contributed by atoms with E-state index in [-0.39, 0.29) is 11.9 Å². The minimum atomic E-state index is -0.118. The Morgan fingerprint density at radius 2 is 1.22 bits per heavy atom. The zero-order valence-corrected chi connectivity index (χ0v) is 18.0. The number of ether oxygens (including phenoxy) is 1. The first-order chi connectivity index (χ1) is 13.2. The van der Waals surface area contributed by atoms with Gasteiger partial charge in [-0.3, -0.25) is 4.79 Å². The molecule has 2 heteroatoms. The maximum Gasteiger partial charge on any atom is 0.308 e. The highest BCUT2D eigenvalue weighted by atomic mass is 16.5. The molecule has 0 aromatic carbocycles. The fraction of sp³-hybridized carbons (Fsp3) is 0.640. The number of hydrogen-bond donors (Lipinski definition) is 0. The third-order valence-electron chi connectivity index (χ3n) is 4.58. The molecule has 0 heterocycles. The Kier molecular flexibility index (Phi) is 19.5. The normalized spacial score (nSPS) is 13.4. The van der Waals surface area contributed by atoms with Gasteiger partial charge in [0.15, 0.2) is 0 Å². The molecule has 1 unspecified atom stereocenters. The zero-order chi connectivity index (χ0) is 20.0. The minimum absolute atomic E-state index is 0.0137. The Bertz CT molecular complexity index is 443. The molecule has 0 aliphatic rings. The van der Waals surface area contributed by atoms with E-state index in [1.54, 1.807) is 0 Å². The van der Waals surface area contributed by atoms with Crippen LogP contribution < -0.4 is 0 Å². The fourth-order valence-corrected chi connectivity index (χ4v) is 2.76. The van der Waals surface area contributed by atoms with Gasteiger partial charge in [0.1, 0.15) is 0 Å². The Balaban J connectivity index is 3.48.